The second-order valence-electron chi connectivity index (χ2n) is 3.83. The second-order valence-corrected chi connectivity index (χ2v) is 4.96. The molecule has 2 rings (SSSR count). The normalized spacial score (nSPS) is 10.5. The van der Waals surface area contributed by atoms with Crippen LogP contribution in [0.5, 0.6) is 0 Å². The molecule has 0 saturated heterocycles. The lowest BCUT2D eigenvalue weighted by Crippen LogP contribution is -2.14. The number of thioether (sulfide) groups is 1. The Bertz CT molecular complexity index is 741. The first kappa shape index (κ1) is 15.5. The fourth-order valence-electron chi connectivity index (χ4n) is 1.51. The number of halogens is 2. The van der Waals surface area contributed by atoms with Crippen LogP contribution >= 0.6 is 23.4 Å². The molecule has 21 heavy (non-hydrogen) atoms. The lowest BCUT2D eigenvalue weighted by Gasteiger charge is -2.07. The van der Waals surface area contributed by atoms with Crippen molar-refractivity contribution in [1.82, 2.24) is 19.9 Å². The van der Waals surface area contributed by atoms with E-state index in [1.165, 1.54) is 6.20 Å². The summed E-state index contributed by atoms with van der Waals surface area (Å²) in [6.07, 6.45) is 3.02. The van der Waals surface area contributed by atoms with Gasteiger partial charge < -0.3 is 0 Å². The topological polar surface area (TPSA) is 85.7 Å². The first-order valence-electron chi connectivity index (χ1n) is 5.58. The Kier molecular flexibility index (Phi) is 4.59. The summed E-state index contributed by atoms with van der Waals surface area (Å²) >= 11 is 6.92. The molecule has 6 nitrogen and oxygen atoms in total. The van der Waals surface area contributed by atoms with Gasteiger partial charge >= 0.3 is 0 Å². The summed E-state index contributed by atoms with van der Waals surface area (Å²) in [5.41, 5.74) is -0.943. The molecule has 0 bridgehead atoms. The largest absolute Gasteiger partial charge is 0.298 e. The molecule has 0 fully saturated rings. The average molecular weight is 327 g/mol. The maximum absolute atomic E-state index is 13.7. The second kappa shape index (κ2) is 6.23. The molecule has 0 aromatic carbocycles. The number of rotatable bonds is 4. The van der Waals surface area contributed by atoms with Crippen LogP contribution in [-0.2, 0) is 0 Å². The van der Waals surface area contributed by atoms with Crippen LogP contribution in [0.15, 0.2) is 11.4 Å². The number of nitrogens with zero attached hydrogens (tertiary/aromatic N) is 4. The average Bonchev–Trinajstić information content (AvgIpc) is 2.45. The van der Waals surface area contributed by atoms with Crippen LogP contribution in [0.4, 0.5) is 4.39 Å². The zero-order valence-electron chi connectivity index (χ0n) is 10.9. The van der Waals surface area contributed by atoms with Crippen molar-refractivity contribution < 1.29 is 14.0 Å². The lowest BCUT2D eigenvalue weighted by molar-refractivity contribution is 0.102. The molecular weight excluding hydrogens is 319 g/mol. The fraction of sp³-hybridized carbons (Fsp3) is 0.167. The van der Waals surface area contributed by atoms with Gasteiger partial charge in [-0.1, -0.05) is 23.4 Å². The number of ketones is 1. The number of hydrogen-bond donors (Lipinski definition) is 0. The monoisotopic (exact) mass is 326 g/mol. The molecule has 2 heterocycles. The van der Waals surface area contributed by atoms with Crippen molar-refractivity contribution in [3.8, 4) is 0 Å². The summed E-state index contributed by atoms with van der Waals surface area (Å²) in [6, 6.07) is 0. The van der Waals surface area contributed by atoms with Gasteiger partial charge in [0, 0.05) is 6.20 Å². The van der Waals surface area contributed by atoms with E-state index in [1.54, 1.807) is 13.2 Å². The Morgan fingerprint density at radius 2 is 2.10 bits per heavy atom. The van der Waals surface area contributed by atoms with Crippen LogP contribution < -0.4 is 0 Å². The zero-order valence-corrected chi connectivity index (χ0v) is 12.5. The summed E-state index contributed by atoms with van der Waals surface area (Å²) in [5.74, 6) is -1.42. The number of hydrogen-bond acceptors (Lipinski definition) is 7. The van der Waals surface area contributed by atoms with Crippen LogP contribution in [0.25, 0.3) is 0 Å². The van der Waals surface area contributed by atoms with Crippen molar-refractivity contribution in [2.75, 3.05) is 6.26 Å². The predicted molar refractivity (Wildman–Crippen MR) is 74.4 cm³/mol. The van der Waals surface area contributed by atoms with E-state index in [2.05, 4.69) is 19.9 Å². The Balaban J connectivity index is 2.62. The first-order chi connectivity index (χ1) is 9.97. The molecule has 0 aliphatic carbocycles. The van der Waals surface area contributed by atoms with Crippen molar-refractivity contribution >= 4 is 35.4 Å². The van der Waals surface area contributed by atoms with Gasteiger partial charge in [0.2, 0.25) is 11.7 Å². The minimum Gasteiger partial charge on any atom is -0.298 e. The SMILES string of the molecule is CSc1nc(F)c(C=O)c(C(=O)c2cnc(C)nc2Cl)n1. The van der Waals surface area contributed by atoms with Gasteiger partial charge in [-0.05, 0) is 13.2 Å². The molecule has 0 N–H and O–H groups in total. The predicted octanol–water partition coefficient (Wildman–Crippen LogP) is 2.13. The number of aryl methyl sites for hydroxylation is 1. The molecule has 0 aliphatic rings. The fourth-order valence-corrected chi connectivity index (χ4v) is 2.12. The van der Waals surface area contributed by atoms with Gasteiger partial charge in [0.15, 0.2) is 11.4 Å². The molecule has 2 aromatic heterocycles. The molecule has 0 atom stereocenters. The van der Waals surface area contributed by atoms with E-state index in [4.69, 9.17) is 11.6 Å². The standard InChI is InChI=1S/C12H8ClFN4O2S/c1-5-15-3-6(10(13)16-5)9(20)8-7(4-19)11(14)18-12(17-8)21-2/h3-4H,1-2H3. The highest BCUT2D eigenvalue weighted by molar-refractivity contribution is 7.98. The highest BCUT2D eigenvalue weighted by Gasteiger charge is 2.23. The molecule has 2 aromatic rings. The molecule has 9 heteroatoms. The summed E-state index contributed by atoms with van der Waals surface area (Å²) < 4.78 is 13.7. The molecule has 0 amide bonds. The van der Waals surface area contributed by atoms with Gasteiger partial charge in [-0.3, -0.25) is 9.59 Å². The summed E-state index contributed by atoms with van der Waals surface area (Å²) in [5, 5.41) is -0.0559. The van der Waals surface area contributed by atoms with Gasteiger partial charge in [0.05, 0.1) is 11.1 Å². The number of carbonyl (C=O) groups is 2. The molecule has 108 valence electrons. The zero-order chi connectivity index (χ0) is 15.6. The van der Waals surface area contributed by atoms with E-state index in [0.717, 1.165) is 11.8 Å². The molecule has 0 unspecified atom stereocenters. The lowest BCUT2D eigenvalue weighted by atomic mass is 10.1. The Morgan fingerprint density at radius 1 is 1.38 bits per heavy atom. The highest BCUT2D eigenvalue weighted by atomic mass is 35.5. The van der Waals surface area contributed by atoms with Crippen LogP contribution in [-0.4, -0.2) is 38.3 Å². The van der Waals surface area contributed by atoms with E-state index in [-0.39, 0.29) is 27.9 Å². The van der Waals surface area contributed by atoms with Crippen LogP contribution in [0.2, 0.25) is 5.15 Å². The minimum atomic E-state index is -1.06. The third-order valence-electron chi connectivity index (χ3n) is 2.50. The molecule has 0 spiro atoms. The van der Waals surface area contributed by atoms with Crippen LogP contribution in [0.3, 0.4) is 0 Å². The molecule has 0 saturated carbocycles. The third-order valence-corrected chi connectivity index (χ3v) is 3.34. The van der Waals surface area contributed by atoms with E-state index in [9.17, 15) is 14.0 Å². The van der Waals surface area contributed by atoms with E-state index >= 15 is 0 Å². The Morgan fingerprint density at radius 3 is 2.67 bits per heavy atom. The van der Waals surface area contributed by atoms with E-state index in [1.807, 2.05) is 0 Å². The van der Waals surface area contributed by atoms with Crippen LogP contribution in [0.1, 0.15) is 32.2 Å². The summed E-state index contributed by atoms with van der Waals surface area (Å²) in [4.78, 5) is 38.4. The quantitative estimate of drug-likeness (QED) is 0.280. The third kappa shape index (κ3) is 3.06. The van der Waals surface area contributed by atoms with Gasteiger partial charge in [-0.25, -0.2) is 15.0 Å². The number of aromatic nitrogens is 4. The van der Waals surface area contributed by atoms with Gasteiger partial charge in [-0.15, -0.1) is 0 Å². The van der Waals surface area contributed by atoms with E-state index in [0.29, 0.717) is 5.82 Å². The van der Waals surface area contributed by atoms with Crippen molar-refractivity contribution in [3.63, 3.8) is 0 Å². The Hall–Kier alpha value is -1.93. The van der Waals surface area contributed by atoms with Crippen molar-refractivity contribution in [1.29, 1.82) is 0 Å². The highest BCUT2D eigenvalue weighted by Crippen LogP contribution is 2.20. The number of aldehydes is 1. The first-order valence-corrected chi connectivity index (χ1v) is 7.18. The summed E-state index contributed by atoms with van der Waals surface area (Å²) in [6.45, 7) is 1.60. The van der Waals surface area contributed by atoms with Gasteiger partial charge in [-0.2, -0.15) is 9.37 Å². The molecule has 0 aliphatic heterocycles. The minimum absolute atomic E-state index is 0.0330. The summed E-state index contributed by atoms with van der Waals surface area (Å²) in [7, 11) is 0. The maximum Gasteiger partial charge on any atom is 0.228 e. The van der Waals surface area contributed by atoms with Gasteiger partial charge in [0.25, 0.3) is 0 Å². The van der Waals surface area contributed by atoms with Gasteiger partial charge in [0.1, 0.15) is 16.7 Å². The van der Waals surface area contributed by atoms with Crippen molar-refractivity contribution in [3.05, 3.63) is 39.9 Å². The smallest absolute Gasteiger partial charge is 0.228 e. The number of carbonyl (C=O) groups excluding carboxylic acids is 2. The Labute approximate surface area is 128 Å². The van der Waals surface area contributed by atoms with Crippen LogP contribution in [0, 0.1) is 12.9 Å². The van der Waals surface area contributed by atoms with Crippen molar-refractivity contribution in [2.24, 2.45) is 0 Å². The molecular formula is C12H8ClFN4O2S. The van der Waals surface area contributed by atoms with Crippen molar-refractivity contribution in [2.45, 2.75) is 12.1 Å². The molecule has 0 radical (unpaired) electrons. The van der Waals surface area contributed by atoms with E-state index < -0.39 is 17.3 Å². The maximum atomic E-state index is 13.7.